The Morgan fingerprint density at radius 3 is 2.50 bits per heavy atom. The fraction of sp³-hybridized carbons (Fsp3) is 0.909. The minimum Gasteiger partial charge on any atom is -0.466 e. The molecule has 0 radical (unpaired) electrons. The predicted octanol–water partition coefficient (Wildman–Crippen LogP) is 1.35. The number of ether oxygens (including phenoxy) is 1. The molecular formula is C11H24N2O2Si. The molecule has 16 heavy (non-hydrogen) atoms. The average Bonchev–Trinajstić information content (AvgIpc) is 2.63. The number of esters is 1. The summed E-state index contributed by atoms with van der Waals surface area (Å²) in [6, 6.07) is 0. The van der Waals surface area contributed by atoms with E-state index in [1.807, 2.05) is 6.92 Å². The Balaban J connectivity index is 2.24. The van der Waals surface area contributed by atoms with Gasteiger partial charge in [-0.15, -0.1) is 0 Å². The molecule has 0 aliphatic carbocycles. The lowest BCUT2D eigenvalue weighted by atomic mass is 10.4. The van der Waals surface area contributed by atoms with Crippen molar-refractivity contribution in [3.63, 3.8) is 0 Å². The van der Waals surface area contributed by atoms with Gasteiger partial charge in [0.05, 0.1) is 13.0 Å². The Labute approximate surface area is 99.6 Å². The summed E-state index contributed by atoms with van der Waals surface area (Å²) in [5, 5.41) is 0. The van der Waals surface area contributed by atoms with Crippen LogP contribution >= 0.6 is 0 Å². The first kappa shape index (κ1) is 13.7. The van der Waals surface area contributed by atoms with Crippen LogP contribution < -0.4 is 0 Å². The summed E-state index contributed by atoms with van der Waals surface area (Å²) in [6.07, 6.45) is 0.521. The summed E-state index contributed by atoms with van der Waals surface area (Å²) >= 11 is 0. The highest BCUT2D eigenvalue weighted by Crippen LogP contribution is 2.15. The van der Waals surface area contributed by atoms with E-state index in [0.29, 0.717) is 13.0 Å². The highest BCUT2D eigenvalue weighted by atomic mass is 28.3. The molecule has 0 spiro atoms. The second-order valence-corrected chi connectivity index (χ2v) is 10.2. The minimum absolute atomic E-state index is 0.0750. The molecule has 0 N–H and O–H groups in total. The van der Waals surface area contributed by atoms with E-state index < -0.39 is 8.24 Å². The third kappa shape index (κ3) is 4.23. The van der Waals surface area contributed by atoms with Crippen molar-refractivity contribution < 1.29 is 9.53 Å². The van der Waals surface area contributed by atoms with Gasteiger partial charge in [-0.05, 0) is 6.92 Å². The number of rotatable bonds is 5. The van der Waals surface area contributed by atoms with Crippen LogP contribution in [0.4, 0.5) is 0 Å². The number of carbonyl (C=O) groups excluding carboxylic acids is 1. The van der Waals surface area contributed by atoms with Crippen molar-refractivity contribution in [2.45, 2.75) is 33.0 Å². The van der Waals surface area contributed by atoms with E-state index in [0.717, 1.165) is 26.3 Å². The van der Waals surface area contributed by atoms with E-state index in [1.54, 1.807) is 0 Å². The summed E-state index contributed by atoms with van der Waals surface area (Å²) in [5.41, 5.74) is 0. The summed E-state index contributed by atoms with van der Waals surface area (Å²) < 4.78 is 7.49. The molecule has 1 aliphatic heterocycles. The molecule has 1 heterocycles. The molecule has 0 aromatic carbocycles. The lowest BCUT2D eigenvalue weighted by Crippen LogP contribution is -2.45. The normalized spacial score (nSPS) is 19.0. The maximum atomic E-state index is 11.2. The monoisotopic (exact) mass is 244 g/mol. The van der Waals surface area contributed by atoms with Crippen molar-refractivity contribution >= 4 is 14.2 Å². The quantitative estimate of drug-likeness (QED) is 0.540. The van der Waals surface area contributed by atoms with Crippen LogP contribution in [-0.4, -0.2) is 56.6 Å². The minimum atomic E-state index is -1.16. The summed E-state index contributed by atoms with van der Waals surface area (Å²) in [4.78, 5) is 13.6. The first-order valence-corrected chi connectivity index (χ1v) is 9.51. The zero-order valence-electron chi connectivity index (χ0n) is 11.0. The Hall–Kier alpha value is -0.393. The van der Waals surface area contributed by atoms with Gasteiger partial charge in [-0.3, -0.25) is 9.69 Å². The maximum absolute atomic E-state index is 11.2. The van der Waals surface area contributed by atoms with E-state index in [2.05, 4.69) is 29.1 Å². The lowest BCUT2D eigenvalue weighted by Gasteiger charge is -2.29. The Morgan fingerprint density at radius 1 is 1.31 bits per heavy atom. The third-order valence-electron chi connectivity index (χ3n) is 2.94. The van der Waals surface area contributed by atoms with Gasteiger partial charge in [0.2, 0.25) is 0 Å². The first-order valence-electron chi connectivity index (χ1n) is 6.06. The van der Waals surface area contributed by atoms with E-state index in [9.17, 15) is 4.79 Å². The van der Waals surface area contributed by atoms with E-state index in [-0.39, 0.29) is 5.97 Å². The molecular weight excluding hydrogens is 220 g/mol. The predicted molar refractivity (Wildman–Crippen MR) is 67.7 cm³/mol. The molecule has 1 saturated heterocycles. The molecule has 0 bridgehead atoms. The van der Waals surface area contributed by atoms with E-state index in [1.165, 1.54) is 0 Å². The average molecular weight is 244 g/mol. The van der Waals surface area contributed by atoms with Gasteiger partial charge in [-0.2, -0.15) is 0 Å². The molecule has 5 heteroatoms. The molecule has 0 saturated carbocycles. The molecule has 1 fully saturated rings. The van der Waals surface area contributed by atoms with Crippen LogP contribution in [0.5, 0.6) is 0 Å². The Bertz CT molecular complexity index is 241. The van der Waals surface area contributed by atoms with Gasteiger partial charge < -0.3 is 9.30 Å². The van der Waals surface area contributed by atoms with Crippen LogP contribution in [0.1, 0.15) is 13.3 Å². The second kappa shape index (κ2) is 5.79. The number of carbonyl (C=O) groups is 1. The summed E-state index contributed by atoms with van der Waals surface area (Å²) in [5.74, 6) is -0.0750. The van der Waals surface area contributed by atoms with Crippen LogP contribution in [0.25, 0.3) is 0 Å². The van der Waals surface area contributed by atoms with Gasteiger partial charge in [-0.1, -0.05) is 19.6 Å². The van der Waals surface area contributed by atoms with Gasteiger partial charge >= 0.3 is 5.97 Å². The Kier molecular flexibility index (Phi) is 4.95. The topological polar surface area (TPSA) is 32.8 Å². The van der Waals surface area contributed by atoms with Crippen molar-refractivity contribution in [1.82, 2.24) is 9.47 Å². The van der Waals surface area contributed by atoms with Gasteiger partial charge in [0.15, 0.2) is 0 Å². The fourth-order valence-corrected chi connectivity index (χ4v) is 3.25. The number of hydrogen-bond donors (Lipinski definition) is 0. The zero-order chi connectivity index (χ0) is 12.2. The third-order valence-corrected chi connectivity index (χ3v) is 5.21. The smallest absolute Gasteiger partial charge is 0.307 e. The van der Waals surface area contributed by atoms with Crippen molar-refractivity contribution in [1.29, 1.82) is 0 Å². The molecule has 0 amide bonds. The fourth-order valence-electron chi connectivity index (χ4n) is 1.86. The Morgan fingerprint density at radius 2 is 2.00 bits per heavy atom. The van der Waals surface area contributed by atoms with Crippen molar-refractivity contribution in [2.24, 2.45) is 0 Å². The molecule has 0 aromatic rings. The molecule has 4 nitrogen and oxygen atoms in total. The van der Waals surface area contributed by atoms with Gasteiger partial charge in [0.25, 0.3) is 0 Å². The molecule has 1 aliphatic rings. The molecule has 94 valence electrons. The largest absolute Gasteiger partial charge is 0.466 e. The highest BCUT2D eigenvalue weighted by Gasteiger charge is 2.30. The molecule has 1 rings (SSSR count). The van der Waals surface area contributed by atoms with Crippen LogP contribution in [-0.2, 0) is 9.53 Å². The van der Waals surface area contributed by atoms with E-state index >= 15 is 0 Å². The molecule has 0 atom stereocenters. The number of nitrogens with zero attached hydrogens (tertiary/aromatic N) is 2. The van der Waals surface area contributed by atoms with Crippen LogP contribution in [0, 0.1) is 0 Å². The van der Waals surface area contributed by atoms with Crippen molar-refractivity contribution in [3.8, 4) is 0 Å². The van der Waals surface area contributed by atoms with Crippen molar-refractivity contribution in [3.05, 3.63) is 0 Å². The van der Waals surface area contributed by atoms with Crippen LogP contribution in [0.2, 0.25) is 19.6 Å². The van der Waals surface area contributed by atoms with E-state index in [4.69, 9.17) is 4.74 Å². The van der Waals surface area contributed by atoms with Crippen LogP contribution in [0.3, 0.4) is 0 Å². The van der Waals surface area contributed by atoms with Gasteiger partial charge in [0.1, 0.15) is 8.24 Å². The second-order valence-electron chi connectivity index (χ2n) is 5.25. The first-order chi connectivity index (χ1) is 7.43. The van der Waals surface area contributed by atoms with Crippen molar-refractivity contribution in [2.75, 3.05) is 32.9 Å². The maximum Gasteiger partial charge on any atom is 0.307 e. The standard InChI is InChI=1S/C11H24N2O2Si/c1-5-15-11(14)6-7-12-8-9-13(10-12)16(2,3)4/h5-10H2,1-4H3. The zero-order valence-corrected chi connectivity index (χ0v) is 12.0. The lowest BCUT2D eigenvalue weighted by molar-refractivity contribution is -0.143. The number of hydrogen-bond acceptors (Lipinski definition) is 4. The summed E-state index contributed by atoms with van der Waals surface area (Å²) in [7, 11) is -1.16. The SMILES string of the molecule is CCOC(=O)CCN1CCN([Si](C)(C)C)C1. The molecule has 0 unspecified atom stereocenters. The summed E-state index contributed by atoms with van der Waals surface area (Å²) in [6.45, 7) is 13.5. The van der Waals surface area contributed by atoms with Gasteiger partial charge in [0, 0.05) is 26.3 Å². The van der Waals surface area contributed by atoms with Crippen LogP contribution in [0.15, 0.2) is 0 Å². The van der Waals surface area contributed by atoms with Gasteiger partial charge in [-0.25, -0.2) is 0 Å². The molecule has 0 aromatic heterocycles. The highest BCUT2D eigenvalue weighted by molar-refractivity contribution is 6.73.